The van der Waals surface area contributed by atoms with Gasteiger partial charge in [0.25, 0.3) is 0 Å². The largest absolute Gasteiger partial charge is 0.392 e. The summed E-state index contributed by atoms with van der Waals surface area (Å²) in [5, 5.41) is 9.28. The third-order valence-electron chi connectivity index (χ3n) is 3.35. The monoisotopic (exact) mass is 284 g/mol. The van der Waals surface area contributed by atoms with E-state index < -0.39 is 9.84 Å². The van der Waals surface area contributed by atoms with Gasteiger partial charge in [0.1, 0.15) is 5.82 Å². The van der Waals surface area contributed by atoms with E-state index in [1.54, 1.807) is 0 Å². The lowest BCUT2D eigenvalue weighted by molar-refractivity contribution is 0.281. The number of aliphatic hydroxyl groups is 1. The molecule has 106 valence electrons. The number of aliphatic hydroxyl groups excluding tert-OH is 1. The minimum absolute atomic E-state index is 0.0192. The Balaban J connectivity index is 2.25. The zero-order valence-electron chi connectivity index (χ0n) is 11.2. The summed E-state index contributed by atoms with van der Waals surface area (Å²) in [5.74, 6) is 1.21. The van der Waals surface area contributed by atoms with Gasteiger partial charge >= 0.3 is 0 Å². The maximum Gasteiger partial charge on any atom is 0.152 e. The van der Waals surface area contributed by atoms with Crippen LogP contribution in [-0.4, -0.2) is 43.1 Å². The molecule has 1 aromatic rings. The summed E-state index contributed by atoms with van der Waals surface area (Å²) in [6.07, 6.45) is 1.43. The number of sulfone groups is 1. The van der Waals surface area contributed by atoms with Crippen LogP contribution in [0.3, 0.4) is 0 Å². The van der Waals surface area contributed by atoms with Crippen molar-refractivity contribution in [3.8, 4) is 0 Å². The first kappa shape index (κ1) is 14.3. The number of aryl methyl sites for hydroxylation is 1. The fourth-order valence-corrected chi connectivity index (χ4v) is 3.51. The van der Waals surface area contributed by atoms with Crippen molar-refractivity contribution in [2.45, 2.75) is 26.4 Å². The van der Waals surface area contributed by atoms with Gasteiger partial charge in [0.2, 0.25) is 0 Å². The van der Waals surface area contributed by atoms with Gasteiger partial charge in [0.05, 0.1) is 18.1 Å². The molecule has 1 aromatic heterocycles. The Morgan fingerprint density at radius 1 is 1.32 bits per heavy atom. The number of pyridine rings is 1. The normalized spacial score (nSPS) is 19.2. The lowest BCUT2D eigenvalue weighted by Crippen LogP contribution is -2.28. The van der Waals surface area contributed by atoms with Gasteiger partial charge in [-0.05, 0) is 30.5 Å². The maximum atomic E-state index is 11.6. The highest BCUT2D eigenvalue weighted by molar-refractivity contribution is 7.91. The molecule has 0 bridgehead atoms. The minimum atomic E-state index is -2.91. The number of hydrogen-bond donors (Lipinski definition) is 1. The number of rotatable bonds is 3. The van der Waals surface area contributed by atoms with Crippen molar-refractivity contribution in [3.63, 3.8) is 0 Å². The Morgan fingerprint density at radius 2 is 2.11 bits per heavy atom. The second kappa shape index (κ2) is 5.88. The van der Waals surface area contributed by atoms with E-state index in [0.717, 1.165) is 23.5 Å². The van der Waals surface area contributed by atoms with Crippen molar-refractivity contribution in [1.82, 2.24) is 4.98 Å². The topological polar surface area (TPSA) is 70.5 Å². The van der Waals surface area contributed by atoms with Gasteiger partial charge in [-0.3, -0.25) is 0 Å². The summed E-state index contributed by atoms with van der Waals surface area (Å²) in [7, 11) is -2.91. The molecule has 0 atom stereocenters. The van der Waals surface area contributed by atoms with Crippen LogP contribution >= 0.6 is 0 Å². The van der Waals surface area contributed by atoms with Crippen molar-refractivity contribution in [2.75, 3.05) is 29.5 Å². The number of aromatic nitrogens is 1. The average Bonchev–Trinajstić information content (AvgIpc) is 2.59. The first-order valence-corrected chi connectivity index (χ1v) is 8.42. The highest BCUT2D eigenvalue weighted by Gasteiger charge is 2.20. The molecule has 5 nitrogen and oxygen atoms in total. The zero-order valence-corrected chi connectivity index (χ0v) is 12.0. The standard InChI is InChI=1S/C13H20N2O3S/c1-2-12-8-11(10-16)9-13(14-12)15-4-3-6-19(17,18)7-5-15/h8-9,16H,2-7,10H2,1H3. The molecule has 19 heavy (non-hydrogen) atoms. The maximum absolute atomic E-state index is 11.6. The first-order chi connectivity index (χ1) is 9.04. The Hall–Kier alpha value is -1.14. The summed E-state index contributed by atoms with van der Waals surface area (Å²) < 4.78 is 23.2. The van der Waals surface area contributed by atoms with Crippen LogP contribution in [0.15, 0.2) is 12.1 Å². The molecule has 1 saturated heterocycles. The third kappa shape index (κ3) is 3.67. The van der Waals surface area contributed by atoms with E-state index in [2.05, 4.69) is 4.98 Å². The van der Waals surface area contributed by atoms with Crippen LogP contribution in [0.1, 0.15) is 24.6 Å². The molecule has 0 saturated carbocycles. The number of nitrogens with zero attached hydrogens (tertiary/aromatic N) is 2. The Bertz CT molecular complexity index is 521. The van der Waals surface area contributed by atoms with E-state index in [-0.39, 0.29) is 18.1 Å². The number of hydrogen-bond acceptors (Lipinski definition) is 5. The molecule has 0 radical (unpaired) electrons. The quantitative estimate of drug-likeness (QED) is 0.887. The molecule has 0 aliphatic carbocycles. The fraction of sp³-hybridized carbons (Fsp3) is 0.615. The van der Waals surface area contributed by atoms with Gasteiger partial charge in [0, 0.05) is 18.8 Å². The summed E-state index contributed by atoms with van der Waals surface area (Å²) in [5.41, 5.74) is 1.75. The van der Waals surface area contributed by atoms with Crippen LogP contribution in [0.25, 0.3) is 0 Å². The van der Waals surface area contributed by atoms with Crippen LogP contribution in [0.2, 0.25) is 0 Å². The lowest BCUT2D eigenvalue weighted by atomic mass is 10.2. The summed E-state index contributed by atoms with van der Waals surface area (Å²) in [6, 6.07) is 3.73. The predicted molar refractivity (Wildman–Crippen MR) is 75.0 cm³/mol. The van der Waals surface area contributed by atoms with Gasteiger partial charge in [0.15, 0.2) is 9.84 Å². The highest BCUT2D eigenvalue weighted by Crippen LogP contribution is 2.18. The Morgan fingerprint density at radius 3 is 2.79 bits per heavy atom. The van der Waals surface area contributed by atoms with E-state index in [1.807, 2.05) is 24.0 Å². The van der Waals surface area contributed by atoms with Crippen molar-refractivity contribution in [2.24, 2.45) is 0 Å². The van der Waals surface area contributed by atoms with E-state index in [0.29, 0.717) is 19.5 Å². The Kier molecular flexibility index (Phi) is 4.42. The summed E-state index contributed by atoms with van der Waals surface area (Å²) >= 11 is 0. The molecule has 1 aliphatic heterocycles. The smallest absolute Gasteiger partial charge is 0.152 e. The van der Waals surface area contributed by atoms with Crippen LogP contribution in [-0.2, 0) is 22.9 Å². The molecular formula is C13H20N2O3S. The molecule has 0 unspecified atom stereocenters. The molecule has 6 heteroatoms. The van der Waals surface area contributed by atoms with E-state index in [1.165, 1.54) is 0 Å². The second-order valence-electron chi connectivity index (χ2n) is 4.83. The van der Waals surface area contributed by atoms with Crippen molar-refractivity contribution >= 4 is 15.7 Å². The SMILES string of the molecule is CCc1cc(CO)cc(N2CCCS(=O)(=O)CC2)n1. The third-order valence-corrected chi connectivity index (χ3v) is 5.06. The molecular weight excluding hydrogens is 264 g/mol. The van der Waals surface area contributed by atoms with Crippen molar-refractivity contribution in [3.05, 3.63) is 23.4 Å². The molecule has 1 fully saturated rings. The van der Waals surface area contributed by atoms with Crippen LogP contribution in [0.5, 0.6) is 0 Å². The average molecular weight is 284 g/mol. The van der Waals surface area contributed by atoms with Gasteiger partial charge in [-0.15, -0.1) is 0 Å². The molecule has 0 amide bonds. The van der Waals surface area contributed by atoms with Gasteiger partial charge in [-0.1, -0.05) is 6.92 Å². The van der Waals surface area contributed by atoms with E-state index in [9.17, 15) is 13.5 Å². The van der Waals surface area contributed by atoms with E-state index in [4.69, 9.17) is 0 Å². The minimum Gasteiger partial charge on any atom is -0.392 e. The predicted octanol–water partition coefficient (Wildman–Crippen LogP) is 0.761. The van der Waals surface area contributed by atoms with Gasteiger partial charge in [-0.2, -0.15) is 0 Å². The van der Waals surface area contributed by atoms with Crippen molar-refractivity contribution in [1.29, 1.82) is 0 Å². The van der Waals surface area contributed by atoms with E-state index >= 15 is 0 Å². The zero-order chi connectivity index (χ0) is 13.9. The molecule has 2 rings (SSSR count). The summed E-state index contributed by atoms with van der Waals surface area (Å²) in [4.78, 5) is 6.54. The van der Waals surface area contributed by atoms with Crippen molar-refractivity contribution < 1.29 is 13.5 Å². The van der Waals surface area contributed by atoms with Gasteiger partial charge in [-0.25, -0.2) is 13.4 Å². The van der Waals surface area contributed by atoms with Crippen LogP contribution < -0.4 is 4.90 Å². The highest BCUT2D eigenvalue weighted by atomic mass is 32.2. The second-order valence-corrected chi connectivity index (χ2v) is 7.13. The summed E-state index contributed by atoms with van der Waals surface area (Å²) in [6.45, 7) is 3.17. The van der Waals surface area contributed by atoms with Crippen LogP contribution in [0, 0.1) is 0 Å². The number of anilines is 1. The lowest BCUT2D eigenvalue weighted by Gasteiger charge is -2.22. The molecule has 1 aliphatic rings. The molecule has 0 aromatic carbocycles. The van der Waals surface area contributed by atoms with Gasteiger partial charge < -0.3 is 10.0 Å². The molecule has 1 N–H and O–H groups in total. The molecule has 2 heterocycles. The Labute approximate surface area is 114 Å². The van der Waals surface area contributed by atoms with Crippen LogP contribution in [0.4, 0.5) is 5.82 Å². The first-order valence-electron chi connectivity index (χ1n) is 6.60. The molecule has 0 spiro atoms. The fourth-order valence-electron chi connectivity index (χ4n) is 2.24.